The molecule has 2 rings (SSSR count). The lowest BCUT2D eigenvalue weighted by Gasteiger charge is -2.12. The van der Waals surface area contributed by atoms with Crippen LogP contribution in [0.1, 0.15) is 18.4 Å². The number of thiazole rings is 1. The van der Waals surface area contributed by atoms with E-state index < -0.39 is 0 Å². The molecule has 17 heavy (non-hydrogen) atoms. The molecule has 1 aliphatic rings. The van der Waals surface area contributed by atoms with Crippen LogP contribution >= 0.6 is 11.3 Å². The van der Waals surface area contributed by atoms with Gasteiger partial charge in [-0.05, 0) is 6.92 Å². The van der Waals surface area contributed by atoms with E-state index in [4.69, 9.17) is 0 Å². The highest BCUT2D eigenvalue weighted by Gasteiger charge is 2.36. The number of carbonyl (C=O) groups excluding carboxylic acids is 2. The largest absolute Gasteiger partial charge is 0.305 e. The number of likely N-dealkylation sites (tertiary alicyclic amines) is 1. The quantitative estimate of drug-likeness (QED) is 0.773. The summed E-state index contributed by atoms with van der Waals surface area (Å²) in [5, 5.41) is 6.09. The summed E-state index contributed by atoms with van der Waals surface area (Å²) < 4.78 is 0. The second-order valence-electron chi connectivity index (χ2n) is 3.86. The van der Waals surface area contributed by atoms with Gasteiger partial charge in [0.2, 0.25) is 11.8 Å². The van der Waals surface area contributed by atoms with Gasteiger partial charge in [0, 0.05) is 31.1 Å². The van der Waals surface area contributed by atoms with E-state index in [0.717, 1.165) is 11.4 Å². The molecule has 0 radical (unpaired) electrons. The molecule has 0 aliphatic carbocycles. The summed E-state index contributed by atoms with van der Waals surface area (Å²) in [6.07, 6.45) is 2.84. The van der Waals surface area contributed by atoms with Gasteiger partial charge in [-0.2, -0.15) is 0 Å². The maximum Gasteiger partial charge on any atom is 0.246 e. The number of carbonyl (C=O) groups is 2. The van der Waals surface area contributed by atoms with Gasteiger partial charge in [-0.1, -0.05) is 0 Å². The normalized spacial score (nSPS) is 20.3. The SMILES string of the molecule is CCN1C(=O)CC(NCCc2nccs2)C1=O. The first-order valence-electron chi connectivity index (χ1n) is 5.68. The van der Waals surface area contributed by atoms with Crippen molar-refractivity contribution in [1.82, 2.24) is 15.2 Å². The number of aromatic nitrogens is 1. The lowest BCUT2D eigenvalue weighted by molar-refractivity contribution is -0.138. The molecule has 1 atom stereocenters. The van der Waals surface area contributed by atoms with Crippen LogP contribution in [0.2, 0.25) is 0 Å². The maximum absolute atomic E-state index is 11.8. The summed E-state index contributed by atoms with van der Waals surface area (Å²) in [7, 11) is 0. The van der Waals surface area contributed by atoms with Crippen molar-refractivity contribution in [2.75, 3.05) is 13.1 Å². The van der Waals surface area contributed by atoms with Gasteiger partial charge in [0.1, 0.15) is 0 Å². The third-order valence-electron chi connectivity index (χ3n) is 2.77. The summed E-state index contributed by atoms with van der Waals surface area (Å²) in [6, 6.07) is -0.345. The molecule has 1 fully saturated rings. The summed E-state index contributed by atoms with van der Waals surface area (Å²) in [6.45, 7) is 2.95. The molecule has 2 amide bonds. The van der Waals surface area contributed by atoms with Gasteiger partial charge in [-0.25, -0.2) is 4.98 Å². The predicted molar refractivity (Wildman–Crippen MR) is 64.6 cm³/mol. The van der Waals surface area contributed by atoms with Crippen molar-refractivity contribution >= 4 is 23.2 Å². The molecule has 1 unspecified atom stereocenters. The molecule has 0 bridgehead atoms. The number of nitrogens with one attached hydrogen (secondary N) is 1. The third kappa shape index (κ3) is 2.70. The Balaban J connectivity index is 1.80. The number of hydrogen-bond donors (Lipinski definition) is 1. The second-order valence-corrected chi connectivity index (χ2v) is 4.84. The molecule has 1 saturated heterocycles. The van der Waals surface area contributed by atoms with Gasteiger partial charge >= 0.3 is 0 Å². The highest BCUT2D eigenvalue weighted by atomic mass is 32.1. The van der Waals surface area contributed by atoms with Crippen LogP contribution in [-0.4, -0.2) is 40.8 Å². The lowest BCUT2D eigenvalue weighted by atomic mass is 10.2. The van der Waals surface area contributed by atoms with Gasteiger partial charge in [0.25, 0.3) is 0 Å². The molecule has 1 N–H and O–H groups in total. The van der Waals surface area contributed by atoms with E-state index in [9.17, 15) is 9.59 Å². The Morgan fingerprint density at radius 1 is 1.59 bits per heavy atom. The van der Waals surface area contributed by atoms with Crippen molar-refractivity contribution in [3.8, 4) is 0 Å². The van der Waals surface area contributed by atoms with E-state index in [1.165, 1.54) is 4.90 Å². The monoisotopic (exact) mass is 253 g/mol. The van der Waals surface area contributed by atoms with Crippen LogP contribution in [-0.2, 0) is 16.0 Å². The molecule has 5 nitrogen and oxygen atoms in total. The predicted octanol–water partition coefficient (Wildman–Crippen LogP) is 0.423. The first-order chi connectivity index (χ1) is 8.22. The Labute approximate surface area is 104 Å². The van der Waals surface area contributed by atoms with Crippen LogP contribution in [0.5, 0.6) is 0 Å². The highest BCUT2D eigenvalue weighted by molar-refractivity contribution is 7.09. The summed E-state index contributed by atoms with van der Waals surface area (Å²) in [5.74, 6) is -0.180. The molecule has 0 saturated carbocycles. The molecule has 1 aromatic rings. The fourth-order valence-electron chi connectivity index (χ4n) is 1.90. The van der Waals surface area contributed by atoms with Gasteiger partial charge in [0.05, 0.1) is 17.5 Å². The van der Waals surface area contributed by atoms with E-state index in [2.05, 4.69) is 10.3 Å². The molecule has 1 aromatic heterocycles. The summed E-state index contributed by atoms with van der Waals surface area (Å²) in [5.41, 5.74) is 0. The Bertz CT molecular complexity index is 405. The Morgan fingerprint density at radius 3 is 3.00 bits per heavy atom. The fraction of sp³-hybridized carbons (Fsp3) is 0.545. The number of likely N-dealkylation sites (N-methyl/N-ethyl adjacent to an activating group) is 1. The van der Waals surface area contributed by atoms with E-state index in [1.54, 1.807) is 17.5 Å². The summed E-state index contributed by atoms with van der Waals surface area (Å²) in [4.78, 5) is 28.7. The lowest BCUT2D eigenvalue weighted by Crippen LogP contribution is -2.39. The fourth-order valence-corrected chi connectivity index (χ4v) is 2.53. The van der Waals surface area contributed by atoms with E-state index >= 15 is 0 Å². The molecular formula is C11H15N3O2S. The van der Waals surface area contributed by atoms with Crippen molar-refractivity contribution in [3.05, 3.63) is 16.6 Å². The third-order valence-corrected chi connectivity index (χ3v) is 3.61. The zero-order valence-electron chi connectivity index (χ0n) is 9.68. The van der Waals surface area contributed by atoms with Crippen molar-refractivity contribution < 1.29 is 9.59 Å². The van der Waals surface area contributed by atoms with Crippen LogP contribution < -0.4 is 5.32 Å². The molecule has 0 aromatic carbocycles. The zero-order chi connectivity index (χ0) is 12.3. The zero-order valence-corrected chi connectivity index (χ0v) is 10.5. The van der Waals surface area contributed by atoms with Crippen LogP contribution in [0.25, 0.3) is 0 Å². The molecule has 1 aliphatic heterocycles. The van der Waals surface area contributed by atoms with Gasteiger partial charge in [-0.15, -0.1) is 11.3 Å². The van der Waals surface area contributed by atoms with E-state index in [1.807, 2.05) is 12.3 Å². The van der Waals surface area contributed by atoms with Crippen LogP contribution in [0.4, 0.5) is 0 Å². The molecule has 92 valence electrons. The van der Waals surface area contributed by atoms with Crippen molar-refractivity contribution in [2.24, 2.45) is 0 Å². The smallest absolute Gasteiger partial charge is 0.246 e. The minimum Gasteiger partial charge on any atom is -0.305 e. The Hall–Kier alpha value is -1.27. The standard InChI is InChI=1S/C11H15N3O2S/c1-2-14-10(15)7-8(11(14)16)12-4-3-9-13-5-6-17-9/h5-6,8,12H,2-4,7H2,1H3. The number of nitrogens with zero attached hydrogens (tertiary/aromatic N) is 2. The van der Waals surface area contributed by atoms with Crippen molar-refractivity contribution in [3.63, 3.8) is 0 Å². The Morgan fingerprint density at radius 2 is 2.41 bits per heavy atom. The highest BCUT2D eigenvalue weighted by Crippen LogP contribution is 2.12. The van der Waals surface area contributed by atoms with Gasteiger partial charge in [0.15, 0.2) is 0 Å². The molecule has 6 heteroatoms. The van der Waals surface area contributed by atoms with Crippen LogP contribution in [0, 0.1) is 0 Å². The number of hydrogen-bond acceptors (Lipinski definition) is 5. The summed E-state index contributed by atoms with van der Waals surface area (Å²) >= 11 is 1.60. The molecule has 2 heterocycles. The number of imide groups is 1. The number of rotatable bonds is 5. The van der Waals surface area contributed by atoms with Crippen LogP contribution in [0.3, 0.4) is 0 Å². The van der Waals surface area contributed by atoms with Crippen molar-refractivity contribution in [2.45, 2.75) is 25.8 Å². The minimum atomic E-state index is -0.345. The van der Waals surface area contributed by atoms with E-state index in [-0.39, 0.29) is 24.3 Å². The second kappa shape index (κ2) is 5.37. The maximum atomic E-state index is 11.8. The first kappa shape index (κ1) is 12.2. The van der Waals surface area contributed by atoms with Gasteiger partial charge in [-0.3, -0.25) is 14.5 Å². The average molecular weight is 253 g/mol. The molecule has 0 spiro atoms. The topological polar surface area (TPSA) is 62.3 Å². The Kier molecular flexibility index (Phi) is 3.86. The van der Waals surface area contributed by atoms with Gasteiger partial charge < -0.3 is 5.32 Å². The first-order valence-corrected chi connectivity index (χ1v) is 6.56. The van der Waals surface area contributed by atoms with Crippen LogP contribution in [0.15, 0.2) is 11.6 Å². The van der Waals surface area contributed by atoms with Crippen molar-refractivity contribution in [1.29, 1.82) is 0 Å². The minimum absolute atomic E-state index is 0.0794. The average Bonchev–Trinajstić information content (AvgIpc) is 2.89. The molecular weight excluding hydrogens is 238 g/mol. The number of amides is 2. The van der Waals surface area contributed by atoms with E-state index in [0.29, 0.717) is 13.1 Å².